The molecule has 0 saturated heterocycles. The SMILES string of the molecule is CCCCCCCCCCCCCCCC[n+]1ccccc1.[Br][Au-]([Br])([Br])[Br]. The quantitative estimate of drug-likeness (QED) is 0.0944. The van der Waals surface area contributed by atoms with Gasteiger partial charge < -0.3 is 0 Å². The Labute approximate surface area is 197 Å². The van der Waals surface area contributed by atoms with E-state index in [-0.39, 0.29) is 0 Å². The number of hydrogen-bond acceptors (Lipinski definition) is 0. The molecule has 0 aliphatic heterocycles. The molecular formula is C21H38AuBr4N. The Bertz CT molecular complexity index is 406. The molecule has 0 bridgehead atoms. The van der Waals surface area contributed by atoms with Crippen molar-refractivity contribution < 1.29 is 13.2 Å². The van der Waals surface area contributed by atoms with Crippen LogP contribution in [0.1, 0.15) is 96.8 Å². The molecule has 27 heavy (non-hydrogen) atoms. The van der Waals surface area contributed by atoms with Gasteiger partial charge in [0.1, 0.15) is 6.54 Å². The van der Waals surface area contributed by atoms with E-state index in [9.17, 15) is 0 Å². The van der Waals surface area contributed by atoms with Crippen molar-refractivity contribution in [3.05, 3.63) is 30.6 Å². The van der Waals surface area contributed by atoms with E-state index in [1.807, 2.05) is 0 Å². The summed E-state index contributed by atoms with van der Waals surface area (Å²) in [6.45, 7) is 3.47. The third kappa shape index (κ3) is 27.8. The molecule has 1 aromatic heterocycles. The van der Waals surface area contributed by atoms with Crippen LogP contribution in [0.5, 0.6) is 0 Å². The van der Waals surface area contributed by atoms with E-state index < -0.39 is 8.59 Å². The molecule has 0 unspecified atom stereocenters. The van der Waals surface area contributed by atoms with Crippen LogP contribution in [0, 0.1) is 0 Å². The van der Waals surface area contributed by atoms with E-state index in [1.54, 1.807) is 0 Å². The predicted molar refractivity (Wildman–Crippen MR) is 133 cm³/mol. The number of hydrogen-bond donors (Lipinski definition) is 0. The first kappa shape index (κ1) is 28.8. The van der Waals surface area contributed by atoms with Gasteiger partial charge >= 0.3 is 60.7 Å². The molecule has 0 N–H and O–H groups in total. The van der Waals surface area contributed by atoms with Gasteiger partial charge in [-0.25, -0.2) is 4.57 Å². The molecule has 0 fully saturated rings. The van der Waals surface area contributed by atoms with Crippen molar-refractivity contribution in [3.8, 4) is 0 Å². The Balaban J connectivity index is 0.00000119. The van der Waals surface area contributed by atoms with Crippen molar-refractivity contribution in [2.24, 2.45) is 0 Å². The second-order valence-electron chi connectivity index (χ2n) is 6.97. The minimum absolute atomic E-state index is 1.18. The molecule has 0 aliphatic carbocycles. The molecule has 166 valence electrons. The van der Waals surface area contributed by atoms with E-state index in [2.05, 4.69) is 94.2 Å². The molecule has 1 heterocycles. The second-order valence-corrected chi connectivity index (χ2v) is 63.8. The number of halogens is 4. The molecular weight excluding hydrogens is 783 g/mol. The van der Waals surface area contributed by atoms with Crippen molar-refractivity contribution in [2.45, 2.75) is 103 Å². The maximum atomic E-state index is 3.30. The van der Waals surface area contributed by atoms with Crippen molar-refractivity contribution in [1.82, 2.24) is 0 Å². The zero-order valence-corrected chi connectivity index (χ0v) is 25.3. The van der Waals surface area contributed by atoms with Gasteiger partial charge in [0.15, 0.2) is 12.4 Å². The Morgan fingerprint density at radius 1 is 0.556 bits per heavy atom. The molecule has 0 atom stereocenters. The molecule has 0 aliphatic rings. The van der Waals surface area contributed by atoms with Gasteiger partial charge in [0.2, 0.25) is 0 Å². The van der Waals surface area contributed by atoms with Gasteiger partial charge in [-0.05, 0) is 6.42 Å². The summed E-state index contributed by atoms with van der Waals surface area (Å²) in [6.07, 6.45) is 24.4. The van der Waals surface area contributed by atoms with Gasteiger partial charge in [-0.15, -0.1) is 0 Å². The Morgan fingerprint density at radius 3 is 1.26 bits per heavy atom. The van der Waals surface area contributed by atoms with Gasteiger partial charge in [-0.1, -0.05) is 90.0 Å². The minimum atomic E-state index is -1.64. The number of rotatable bonds is 15. The topological polar surface area (TPSA) is 3.88 Å². The fourth-order valence-electron chi connectivity index (χ4n) is 3.07. The van der Waals surface area contributed by atoms with Crippen LogP contribution in [0.25, 0.3) is 0 Å². The fraction of sp³-hybridized carbons (Fsp3) is 0.762. The summed E-state index contributed by atoms with van der Waals surface area (Å²) < 4.78 is 2.29. The summed E-state index contributed by atoms with van der Waals surface area (Å²) >= 11 is 13.2. The summed E-state index contributed by atoms with van der Waals surface area (Å²) in [4.78, 5) is 0. The van der Waals surface area contributed by atoms with Gasteiger partial charge in [0.05, 0.1) is 0 Å². The molecule has 1 aromatic rings. The van der Waals surface area contributed by atoms with E-state index in [0.29, 0.717) is 0 Å². The fourth-order valence-corrected chi connectivity index (χ4v) is 3.07. The Hall–Kier alpha value is 1.81. The second kappa shape index (κ2) is 21.1. The van der Waals surface area contributed by atoms with Crippen LogP contribution in [0.15, 0.2) is 30.6 Å². The van der Waals surface area contributed by atoms with Crippen molar-refractivity contribution in [3.63, 3.8) is 0 Å². The standard InChI is InChI=1S/C21H38N.Au.4BrH/c1-2-3-4-5-6-7-8-9-10-11-12-13-14-16-19-22-20-17-15-18-21-22;;;;;/h15,17-18,20-21H,2-14,16,19H2,1H3;;4*1H/q+1;+3;;;;/p-4. The van der Waals surface area contributed by atoms with Crippen molar-refractivity contribution in [2.75, 3.05) is 0 Å². The summed E-state index contributed by atoms with van der Waals surface area (Å²) in [5, 5.41) is 0. The average molecular weight is 821 g/mol. The van der Waals surface area contributed by atoms with Crippen LogP contribution in [0.4, 0.5) is 0 Å². The van der Waals surface area contributed by atoms with Crippen molar-refractivity contribution >= 4 is 52.1 Å². The van der Waals surface area contributed by atoms with Crippen LogP contribution < -0.4 is 4.57 Å². The molecule has 1 nitrogen and oxygen atoms in total. The van der Waals surface area contributed by atoms with Gasteiger partial charge in [0.25, 0.3) is 0 Å². The number of nitrogens with zero attached hydrogens (tertiary/aromatic N) is 1. The van der Waals surface area contributed by atoms with Gasteiger partial charge in [-0.3, -0.25) is 0 Å². The van der Waals surface area contributed by atoms with Crippen LogP contribution in [-0.2, 0) is 15.1 Å². The van der Waals surface area contributed by atoms with Crippen LogP contribution in [-0.4, -0.2) is 0 Å². The van der Waals surface area contributed by atoms with E-state index >= 15 is 0 Å². The normalized spacial score (nSPS) is 11.7. The molecule has 0 spiro atoms. The third-order valence-electron chi connectivity index (χ3n) is 4.55. The molecule has 0 aromatic carbocycles. The van der Waals surface area contributed by atoms with E-state index in [1.165, 1.54) is 96.4 Å². The molecule has 0 amide bonds. The van der Waals surface area contributed by atoms with E-state index in [4.69, 9.17) is 0 Å². The average Bonchev–Trinajstić information content (AvgIpc) is 2.61. The third-order valence-corrected chi connectivity index (χ3v) is 4.55. The van der Waals surface area contributed by atoms with E-state index in [0.717, 1.165) is 0 Å². The van der Waals surface area contributed by atoms with Crippen LogP contribution >= 0.6 is 52.1 Å². The van der Waals surface area contributed by atoms with Crippen molar-refractivity contribution in [1.29, 1.82) is 0 Å². The molecule has 6 heteroatoms. The Morgan fingerprint density at radius 2 is 0.889 bits per heavy atom. The van der Waals surface area contributed by atoms with Crippen LogP contribution in [0.2, 0.25) is 0 Å². The summed E-state index contributed by atoms with van der Waals surface area (Å²) in [5.74, 6) is 0. The molecule has 0 saturated carbocycles. The molecule has 0 radical (unpaired) electrons. The summed E-state index contributed by atoms with van der Waals surface area (Å²) in [6, 6.07) is 6.31. The number of aryl methyl sites for hydroxylation is 1. The number of unbranched alkanes of at least 4 members (excludes halogenated alkanes) is 13. The number of aromatic nitrogens is 1. The Kier molecular flexibility index (Phi) is 22.5. The summed E-state index contributed by atoms with van der Waals surface area (Å²) in [7, 11) is -1.64. The predicted octanol–water partition coefficient (Wildman–Crippen LogP) is 9.84. The first-order valence-corrected chi connectivity index (χ1v) is 29.3. The number of pyridine rings is 1. The zero-order valence-electron chi connectivity index (χ0n) is 16.8. The van der Waals surface area contributed by atoms with Gasteiger partial charge in [-0.2, -0.15) is 0 Å². The first-order valence-electron chi connectivity index (χ1n) is 10.3. The first-order chi connectivity index (χ1) is 12.9. The van der Waals surface area contributed by atoms with Crippen LogP contribution in [0.3, 0.4) is 0 Å². The maximum absolute atomic E-state index is 3.30. The molecule has 1 rings (SSSR count). The van der Waals surface area contributed by atoms with Gasteiger partial charge in [0, 0.05) is 18.6 Å². The zero-order chi connectivity index (χ0) is 20.2. The summed E-state index contributed by atoms with van der Waals surface area (Å²) in [5.41, 5.74) is 0. The monoisotopic (exact) mass is 817 g/mol.